The van der Waals surface area contributed by atoms with Gasteiger partial charge >= 0.3 is 18.6 Å². The Labute approximate surface area is 329 Å². The van der Waals surface area contributed by atoms with E-state index in [-0.39, 0.29) is 53.5 Å². The molecular weight excluding hydrogens is 801 g/mol. The van der Waals surface area contributed by atoms with Crippen molar-refractivity contribution in [1.82, 2.24) is 25.2 Å². The molecule has 3 fully saturated rings. The lowest BCUT2D eigenvalue weighted by Crippen LogP contribution is -2.59. The van der Waals surface area contributed by atoms with Gasteiger partial charge in [0.15, 0.2) is 17.6 Å². The van der Waals surface area contributed by atoms with Gasteiger partial charge in [-0.1, -0.05) is 26.0 Å². The highest BCUT2D eigenvalue weighted by molar-refractivity contribution is 7.91. The van der Waals surface area contributed by atoms with Gasteiger partial charge in [0, 0.05) is 29.3 Å². The number of fused-ring (bicyclic) bond motifs is 5. The molecule has 1 aromatic carbocycles. The second-order valence-electron chi connectivity index (χ2n) is 15.7. The van der Waals surface area contributed by atoms with Crippen LogP contribution in [0.2, 0.25) is 0 Å². The van der Waals surface area contributed by atoms with Crippen LogP contribution in [0.4, 0.5) is 26.7 Å². The number of amides is 4. The first-order valence-electron chi connectivity index (χ1n) is 18.9. The van der Waals surface area contributed by atoms with Crippen LogP contribution < -0.4 is 29.6 Å². The highest BCUT2D eigenvalue weighted by Gasteiger charge is 2.62. The Kier molecular flexibility index (Phi) is 10.7. The standard InChI is InChI=1S/C37H42F5N5O10S/c1-18-6-4-5-7-21-16-35(21,33(50)46-58(52,53)23-8-9-23)45-30(48)26-15-22(55-31-25-10-11-27-29(24(25)12-13-43-31)57-37(41,42)56-27)17-47(26)32(49)28(19(2)14-18)44-34(51)54-20(3)36(38,39)40/h5,7,10-13,18-23,26,28H,4,6,8-9,14-17H2,1-3H3,(H,44,51)(H,45,48)(H,46,50)/b7-5-/t18-,19+,20+,21+,22+,26-,28-,35+/m0/s1. The van der Waals surface area contributed by atoms with Gasteiger partial charge in [-0.15, -0.1) is 8.78 Å². The van der Waals surface area contributed by atoms with Crippen molar-refractivity contribution in [2.45, 2.75) is 113 Å². The second-order valence-corrected chi connectivity index (χ2v) is 17.7. The van der Waals surface area contributed by atoms with E-state index in [4.69, 9.17) is 9.47 Å². The molecule has 4 amide bonds. The summed E-state index contributed by atoms with van der Waals surface area (Å²) in [4.78, 5) is 61.0. The Morgan fingerprint density at radius 2 is 1.81 bits per heavy atom. The molecule has 21 heteroatoms. The summed E-state index contributed by atoms with van der Waals surface area (Å²) in [5, 5.41) is 4.64. The summed E-state index contributed by atoms with van der Waals surface area (Å²) in [5.74, 6) is -4.64. The van der Waals surface area contributed by atoms with Crippen molar-refractivity contribution < 1.29 is 68.5 Å². The van der Waals surface area contributed by atoms with E-state index >= 15 is 0 Å². The fourth-order valence-corrected chi connectivity index (χ4v) is 9.14. The third kappa shape index (κ3) is 8.45. The first-order chi connectivity index (χ1) is 27.2. The maximum absolute atomic E-state index is 14.6. The number of halogens is 5. The van der Waals surface area contributed by atoms with E-state index in [2.05, 4.69) is 29.8 Å². The number of aromatic nitrogens is 1. The number of carbonyl (C=O) groups excluding carboxylic acids is 4. The molecule has 0 unspecified atom stereocenters. The number of rotatable bonds is 7. The predicted molar refractivity (Wildman–Crippen MR) is 192 cm³/mol. The number of carbonyl (C=O) groups is 4. The predicted octanol–water partition coefficient (Wildman–Crippen LogP) is 4.45. The molecule has 2 aromatic rings. The van der Waals surface area contributed by atoms with Crippen LogP contribution in [-0.4, -0.2) is 96.2 Å². The van der Waals surface area contributed by atoms with Crippen LogP contribution in [0, 0.1) is 17.8 Å². The molecule has 7 rings (SSSR count). The number of pyridine rings is 1. The zero-order valence-electron chi connectivity index (χ0n) is 31.5. The quantitative estimate of drug-likeness (QED) is 0.264. The molecule has 2 aliphatic carbocycles. The number of nitrogens with zero attached hydrogens (tertiary/aromatic N) is 2. The minimum absolute atomic E-state index is 0.0525. The third-order valence-corrected chi connectivity index (χ3v) is 13.0. The molecule has 1 saturated heterocycles. The van der Waals surface area contributed by atoms with Crippen LogP contribution in [0.3, 0.4) is 0 Å². The van der Waals surface area contributed by atoms with E-state index in [1.165, 1.54) is 24.4 Å². The highest BCUT2D eigenvalue weighted by atomic mass is 32.2. The number of benzene rings is 1. The van der Waals surface area contributed by atoms with Gasteiger partial charge in [0.1, 0.15) is 23.7 Å². The number of hydrogen-bond donors (Lipinski definition) is 3. The normalized spacial score (nSPS) is 30.8. The number of allylic oxidation sites excluding steroid dienone is 1. The molecule has 316 valence electrons. The number of sulfonamides is 1. The summed E-state index contributed by atoms with van der Waals surface area (Å²) < 4.78 is 116. The van der Waals surface area contributed by atoms with E-state index in [1.54, 1.807) is 13.0 Å². The summed E-state index contributed by atoms with van der Waals surface area (Å²) in [5.41, 5.74) is -1.70. The number of alkyl carbamates (subject to hydrolysis) is 1. The Morgan fingerprint density at radius 3 is 2.52 bits per heavy atom. The van der Waals surface area contributed by atoms with Gasteiger partial charge in [0.05, 0.1) is 11.8 Å². The molecule has 1 aromatic heterocycles. The van der Waals surface area contributed by atoms with Crippen molar-refractivity contribution in [1.29, 1.82) is 0 Å². The zero-order valence-corrected chi connectivity index (χ0v) is 32.3. The maximum Gasteiger partial charge on any atom is 0.586 e. The van der Waals surface area contributed by atoms with Gasteiger partial charge in [-0.05, 0) is 75.5 Å². The average molecular weight is 844 g/mol. The summed E-state index contributed by atoms with van der Waals surface area (Å²) in [6.45, 7) is 3.81. The molecule has 15 nitrogen and oxygen atoms in total. The first kappa shape index (κ1) is 41.2. The van der Waals surface area contributed by atoms with Gasteiger partial charge in [-0.3, -0.25) is 19.1 Å². The van der Waals surface area contributed by atoms with Crippen molar-refractivity contribution >= 4 is 44.6 Å². The third-order valence-electron chi connectivity index (χ3n) is 11.2. The fourth-order valence-electron chi connectivity index (χ4n) is 7.77. The molecule has 2 saturated carbocycles. The Bertz CT molecular complexity index is 2140. The van der Waals surface area contributed by atoms with E-state index in [9.17, 15) is 49.5 Å². The van der Waals surface area contributed by atoms with Gasteiger partial charge < -0.3 is 34.5 Å². The minimum Gasteiger partial charge on any atom is -0.472 e. The molecule has 0 bridgehead atoms. The van der Waals surface area contributed by atoms with Crippen LogP contribution in [-0.2, 0) is 29.1 Å². The van der Waals surface area contributed by atoms with E-state index in [0.717, 1.165) is 4.90 Å². The van der Waals surface area contributed by atoms with Crippen LogP contribution >= 0.6 is 0 Å². The van der Waals surface area contributed by atoms with Crippen LogP contribution in [0.1, 0.15) is 65.7 Å². The number of alkyl halides is 5. The molecule has 0 radical (unpaired) electrons. The van der Waals surface area contributed by atoms with Crippen molar-refractivity contribution in [3.8, 4) is 17.4 Å². The fraction of sp³-hybridized carbons (Fsp3) is 0.595. The lowest BCUT2D eigenvalue weighted by molar-refractivity contribution is -0.286. The van der Waals surface area contributed by atoms with Crippen molar-refractivity contribution in [2.24, 2.45) is 17.8 Å². The number of ether oxygens (including phenoxy) is 4. The highest BCUT2D eigenvalue weighted by Crippen LogP contribution is 2.48. The largest absolute Gasteiger partial charge is 0.586 e. The Morgan fingerprint density at radius 1 is 1.07 bits per heavy atom. The molecule has 3 aliphatic heterocycles. The lowest BCUT2D eigenvalue weighted by atomic mass is 9.88. The van der Waals surface area contributed by atoms with Crippen molar-refractivity contribution in [2.75, 3.05) is 6.54 Å². The van der Waals surface area contributed by atoms with E-state index in [1.807, 2.05) is 13.0 Å². The van der Waals surface area contributed by atoms with Gasteiger partial charge in [-0.25, -0.2) is 18.2 Å². The maximum atomic E-state index is 14.6. The molecule has 8 atom stereocenters. The molecule has 5 aliphatic rings. The van der Waals surface area contributed by atoms with Crippen molar-refractivity contribution in [3.05, 3.63) is 36.5 Å². The van der Waals surface area contributed by atoms with Gasteiger partial charge in [0.2, 0.25) is 27.7 Å². The molecule has 58 heavy (non-hydrogen) atoms. The average Bonchev–Trinajstić information content (AvgIpc) is 4.03. The van der Waals surface area contributed by atoms with Crippen LogP contribution in [0.15, 0.2) is 36.5 Å². The summed E-state index contributed by atoms with van der Waals surface area (Å²) in [7, 11) is -4.03. The Balaban J connectivity index is 1.22. The summed E-state index contributed by atoms with van der Waals surface area (Å²) in [6, 6.07) is 1.10. The minimum atomic E-state index is -4.89. The Hall–Kier alpha value is -4.95. The lowest BCUT2D eigenvalue weighted by Gasteiger charge is -2.33. The monoisotopic (exact) mass is 843 g/mol. The van der Waals surface area contributed by atoms with Crippen LogP contribution in [0.5, 0.6) is 17.4 Å². The van der Waals surface area contributed by atoms with Gasteiger partial charge in [-0.2, -0.15) is 13.2 Å². The second kappa shape index (κ2) is 15.0. The zero-order chi connectivity index (χ0) is 41.9. The number of hydrogen-bond acceptors (Lipinski definition) is 11. The summed E-state index contributed by atoms with van der Waals surface area (Å²) in [6.07, 6.45) is -7.11. The summed E-state index contributed by atoms with van der Waals surface area (Å²) >= 11 is 0. The van der Waals surface area contributed by atoms with Crippen molar-refractivity contribution in [3.63, 3.8) is 0 Å². The van der Waals surface area contributed by atoms with E-state index < -0.39 is 93.2 Å². The first-order valence-corrected chi connectivity index (χ1v) is 20.5. The molecule has 4 heterocycles. The number of nitrogens with one attached hydrogen (secondary N) is 3. The van der Waals surface area contributed by atoms with E-state index in [0.29, 0.717) is 39.0 Å². The molecule has 0 spiro atoms. The molecular formula is C37H42F5N5O10S. The van der Waals surface area contributed by atoms with Gasteiger partial charge in [0.25, 0.3) is 5.91 Å². The SMILES string of the molecule is C[C@H]1CC/C=C\[C@@H]2C[C@@]2(C(=O)NS(=O)(=O)C2CC2)NC(=O)[C@@H]2C[C@@H](Oc3nccc4c5c(ccc34)OC(F)(F)O5)CN2C(=O)[C@@H](NC(=O)O[C@H](C)C(F)(F)F)[C@H](C)C1. The van der Waals surface area contributed by atoms with Crippen LogP contribution in [0.25, 0.3) is 10.8 Å². The topological polar surface area (TPSA) is 192 Å². The molecule has 3 N–H and O–H groups in total. The smallest absolute Gasteiger partial charge is 0.472 e.